The fraction of sp³-hybridized carbons (Fsp3) is 0.577. The minimum absolute atomic E-state index is 0.0816. The molecule has 1 aromatic rings. The molecule has 1 aromatic carbocycles. The summed E-state index contributed by atoms with van der Waals surface area (Å²) in [6, 6.07) is 9.06. The Kier molecular flexibility index (Phi) is 12.6. The van der Waals surface area contributed by atoms with Gasteiger partial charge in [-0.05, 0) is 56.8 Å². The van der Waals surface area contributed by atoms with Gasteiger partial charge in [0.1, 0.15) is 6.29 Å². The van der Waals surface area contributed by atoms with E-state index in [9.17, 15) is 4.79 Å². The lowest BCUT2D eigenvalue weighted by Crippen LogP contribution is -2.36. The molecule has 3 unspecified atom stereocenters. The topological polar surface area (TPSA) is 58.4 Å². The number of rotatable bonds is 6. The average molecular weight is 416 g/mol. The Morgan fingerprint density at radius 2 is 1.77 bits per heavy atom. The third-order valence-electron chi connectivity index (χ3n) is 5.37. The summed E-state index contributed by atoms with van der Waals surface area (Å²) in [7, 11) is 2.18. The molecule has 0 bridgehead atoms. The van der Waals surface area contributed by atoms with Crippen LogP contribution in [0, 0.1) is 5.41 Å². The van der Waals surface area contributed by atoms with E-state index in [1.807, 2.05) is 41.5 Å². The van der Waals surface area contributed by atoms with Gasteiger partial charge in [0.25, 0.3) is 0 Å². The summed E-state index contributed by atoms with van der Waals surface area (Å²) in [4.78, 5) is 12.4. The van der Waals surface area contributed by atoms with Crippen LogP contribution in [0.15, 0.2) is 43.1 Å². The first kappa shape index (κ1) is 28.1. The molecule has 1 heterocycles. The number of likely N-dealkylation sites (N-methyl/N-ethyl adjacent to an activating group) is 1. The molecule has 1 aliphatic rings. The van der Waals surface area contributed by atoms with Crippen molar-refractivity contribution in [2.24, 2.45) is 11.1 Å². The second-order valence-corrected chi connectivity index (χ2v) is 8.96. The highest BCUT2D eigenvalue weighted by Gasteiger charge is 2.24. The Bertz CT molecular complexity index is 658. The molecule has 30 heavy (non-hydrogen) atoms. The zero-order chi connectivity index (χ0) is 23.5. The largest absolute Gasteiger partial charge is 0.381 e. The number of nitrogens with two attached hydrogens (primary N) is 1. The van der Waals surface area contributed by atoms with Gasteiger partial charge in [-0.3, -0.25) is 4.90 Å². The van der Waals surface area contributed by atoms with Crippen molar-refractivity contribution in [3.8, 4) is 0 Å². The number of hydrogen-bond donors (Lipinski definition) is 2. The molecule has 4 nitrogen and oxygen atoms in total. The molecule has 4 heteroatoms. The van der Waals surface area contributed by atoms with Crippen LogP contribution in [-0.2, 0) is 4.79 Å². The second-order valence-electron chi connectivity index (χ2n) is 8.96. The van der Waals surface area contributed by atoms with Crippen LogP contribution in [0.5, 0.6) is 0 Å². The lowest BCUT2D eigenvalue weighted by Gasteiger charge is -2.26. The van der Waals surface area contributed by atoms with Gasteiger partial charge in [0.2, 0.25) is 0 Å². The highest BCUT2D eigenvalue weighted by atomic mass is 16.1. The van der Waals surface area contributed by atoms with E-state index in [-0.39, 0.29) is 17.5 Å². The summed E-state index contributed by atoms with van der Waals surface area (Å²) in [6.07, 6.45) is 3.26. The molecule has 0 amide bonds. The Hall–Kier alpha value is -1.91. The van der Waals surface area contributed by atoms with Crippen LogP contribution in [0.2, 0.25) is 0 Å². The predicted octanol–water partition coefficient (Wildman–Crippen LogP) is 5.56. The summed E-state index contributed by atoms with van der Waals surface area (Å²) in [5, 5.41) is 3.56. The minimum atomic E-state index is -0.331. The molecule has 0 saturated carbocycles. The van der Waals surface area contributed by atoms with Crippen molar-refractivity contribution >= 4 is 11.9 Å². The van der Waals surface area contributed by atoms with Crippen LogP contribution >= 0.6 is 0 Å². The van der Waals surface area contributed by atoms with Gasteiger partial charge < -0.3 is 15.8 Å². The van der Waals surface area contributed by atoms with Crippen molar-refractivity contribution in [3.63, 3.8) is 0 Å². The molecule has 2 rings (SSSR count). The van der Waals surface area contributed by atoms with E-state index in [1.165, 1.54) is 30.5 Å². The average Bonchev–Trinajstić information content (AvgIpc) is 3.14. The third-order valence-corrected chi connectivity index (χ3v) is 5.37. The van der Waals surface area contributed by atoms with Gasteiger partial charge in [-0.15, -0.1) is 0 Å². The molecule has 3 atom stereocenters. The quantitative estimate of drug-likeness (QED) is 0.597. The molecule has 3 N–H and O–H groups in total. The second kappa shape index (κ2) is 13.4. The number of hydrogen-bond acceptors (Lipinski definition) is 4. The molecule has 0 aromatic heterocycles. The van der Waals surface area contributed by atoms with Crippen LogP contribution in [0.4, 0.5) is 0 Å². The van der Waals surface area contributed by atoms with Crippen LogP contribution in [-0.4, -0.2) is 36.9 Å². The van der Waals surface area contributed by atoms with Gasteiger partial charge in [0, 0.05) is 17.8 Å². The molecule has 0 spiro atoms. The third kappa shape index (κ3) is 9.27. The Balaban J connectivity index is 0.000000712. The maximum atomic E-state index is 10.0. The summed E-state index contributed by atoms with van der Waals surface area (Å²) in [6.45, 7) is 23.4. The van der Waals surface area contributed by atoms with E-state index in [1.54, 1.807) is 0 Å². The van der Waals surface area contributed by atoms with E-state index in [0.717, 1.165) is 17.6 Å². The van der Waals surface area contributed by atoms with E-state index < -0.39 is 0 Å². The maximum absolute atomic E-state index is 10.0. The highest BCUT2D eigenvalue weighted by Crippen LogP contribution is 2.23. The first-order valence-corrected chi connectivity index (χ1v) is 11.1. The summed E-state index contributed by atoms with van der Waals surface area (Å²) >= 11 is 0. The van der Waals surface area contributed by atoms with Crippen LogP contribution in [0.25, 0.3) is 5.57 Å². The zero-order valence-electron chi connectivity index (χ0n) is 20.6. The monoisotopic (exact) mass is 415 g/mol. The molecule has 0 aliphatic carbocycles. The number of likely N-dealkylation sites (tertiary alicyclic amines) is 1. The molecule has 1 fully saturated rings. The van der Waals surface area contributed by atoms with E-state index in [4.69, 9.17) is 5.73 Å². The van der Waals surface area contributed by atoms with Crippen molar-refractivity contribution in [1.29, 1.82) is 0 Å². The van der Waals surface area contributed by atoms with Gasteiger partial charge in [0.05, 0.1) is 6.04 Å². The number of nitrogens with one attached hydrogen (secondary N) is 1. The van der Waals surface area contributed by atoms with Crippen molar-refractivity contribution < 1.29 is 4.79 Å². The van der Waals surface area contributed by atoms with Crippen LogP contribution in [0.1, 0.15) is 78.5 Å². The predicted molar refractivity (Wildman–Crippen MR) is 132 cm³/mol. The number of nitrogens with zero attached hydrogens (tertiary/aromatic N) is 1. The SMILES string of the molecule is C=C(C)c1ccc(C(C)NC(=C)C2CCCN2C)cc1.CC.CC(C)(C)C(N)C=O. The minimum Gasteiger partial charge on any atom is -0.381 e. The first-order valence-electron chi connectivity index (χ1n) is 11.1. The molecule has 1 aliphatic heterocycles. The van der Waals surface area contributed by atoms with E-state index in [2.05, 4.69) is 61.6 Å². The molecule has 170 valence electrons. The maximum Gasteiger partial charge on any atom is 0.137 e. The van der Waals surface area contributed by atoms with Crippen molar-refractivity contribution in [2.45, 2.75) is 79.4 Å². The Labute approximate surface area is 185 Å². The fourth-order valence-electron chi connectivity index (χ4n) is 3.07. The van der Waals surface area contributed by atoms with Gasteiger partial charge in [-0.1, -0.05) is 77.6 Å². The molecule has 0 radical (unpaired) electrons. The van der Waals surface area contributed by atoms with Gasteiger partial charge in [-0.25, -0.2) is 0 Å². The standard InChI is InChI=1S/C18H26N2.C6H13NO.C2H6/c1-13(2)16-8-10-17(11-9-16)14(3)19-15(4)18-7-6-12-20(18)5;1-6(2,3)5(7)4-8;1-2/h8-11,14,18-19H,1,4,6-7,12H2,2-3,5H3;4-5H,7H2,1-3H3;1-2H3. The molecular formula is C26H45N3O. The normalized spacial score (nSPS) is 18.1. The summed E-state index contributed by atoms with van der Waals surface area (Å²) in [5.41, 5.74) is 10.0. The van der Waals surface area contributed by atoms with Gasteiger partial charge in [-0.2, -0.15) is 0 Å². The lowest BCUT2D eigenvalue weighted by atomic mass is 9.89. The summed E-state index contributed by atoms with van der Waals surface area (Å²) < 4.78 is 0. The zero-order valence-corrected chi connectivity index (χ0v) is 20.6. The van der Waals surface area contributed by atoms with Crippen LogP contribution < -0.4 is 11.1 Å². The first-order chi connectivity index (χ1) is 14.0. The van der Waals surface area contributed by atoms with Crippen molar-refractivity contribution in [2.75, 3.05) is 13.6 Å². The van der Waals surface area contributed by atoms with Crippen molar-refractivity contribution in [1.82, 2.24) is 10.2 Å². The van der Waals surface area contributed by atoms with Gasteiger partial charge >= 0.3 is 0 Å². The van der Waals surface area contributed by atoms with Crippen molar-refractivity contribution in [3.05, 3.63) is 54.2 Å². The van der Waals surface area contributed by atoms with Crippen LogP contribution in [0.3, 0.4) is 0 Å². The molecule has 1 saturated heterocycles. The highest BCUT2D eigenvalue weighted by molar-refractivity contribution is 5.61. The number of carbonyl (C=O) groups is 1. The van der Waals surface area contributed by atoms with E-state index in [0.29, 0.717) is 6.04 Å². The fourth-order valence-corrected chi connectivity index (χ4v) is 3.07. The number of benzene rings is 1. The number of aldehydes is 1. The Morgan fingerprint density at radius 1 is 1.23 bits per heavy atom. The number of carbonyl (C=O) groups excluding carboxylic acids is 1. The van der Waals surface area contributed by atoms with Gasteiger partial charge in [0.15, 0.2) is 0 Å². The lowest BCUT2D eigenvalue weighted by molar-refractivity contribution is -0.110. The number of allylic oxidation sites excluding steroid dienone is 1. The Morgan fingerprint density at radius 3 is 2.10 bits per heavy atom. The molecular weight excluding hydrogens is 370 g/mol. The van der Waals surface area contributed by atoms with E-state index >= 15 is 0 Å². The smallest absolute Gasteiger partial charge is 0.137 e. The summed E-state index contributed by atoms with van der Waals surface area (Å²) in [5.74, 6) is 0.